The highest BCUT2D eigenvalue weighted by Crippen LogP contribution is 2.39. The first-order chi connectivity index (χ1) is 19.1. The van der Waals surface area contributed by atoms with E-state index < -0.39 is 11.6 Å². The third kappa shape index (κ3) is 6.09. The Kier molecular flexibility index (Phi) is 9.02. The van der Waals surface area contributed by atoms with Crippen LogP contribution in [-0.2, 0) is 19.1 Å². The molecule has 0 bridgehead atoms. The van der Waals surface area contributed by atoms with Gasteiger partial charge in [0.1, 0.15) is 17.5 Å². The van der Waals surface area contributed by atoms with Crippen LogP contribution < -0.4 is 10.1 Å². The van der Waals surface area contributed by atoms with Gasteiger partial charge in [0.25, 0.3) is 0 Å². The minimum Gasteiger partial charge on any atom is -0.494 e. The molecular weight excluding hydrogens is 510 g/mol. The summed E-state index contributed by atoms with van der Waals surface area (Å²) in [4.78, 5) is 38.5. The molecule has 0 aliphatic carbocycles. The van der Waals surface area contributed by atoms with E-state index >= 15 is 0 Å². The number of methoxy groups -OCH3 is 1. The number of H-pyrrole nitrogens is 1. The Bertz CT molecular complexity index is 1360. The van der Waals surface area contributed by atoms with Crippen LogP contribution in [0.2, 0.25) is 0 Å². The summed E-state index contributed by atoms with van der Waals surface area (Å²) in [6.45, 7) is 15.7. The lowest BCUT2D eigenvalue weighted by Gasteiger charge is -2.43. The summed E-state index contributed by atoms with van der Waals surface area (Å²) in [7, 11) is 1.59. The van der Waals surface area contributed by atoms with Crippen molar-refractivity contribution < 1.29 is 23.8 Å². The second-order valence-electron chi connectivity index (χ2n) is 11.1. The van der Waals surface area contributed by atoms with E-state index in [2.05, 4.69) is 15.3 Å². The summed E-state index contributed by atoms with van der Waals surface area (Å²) in [5.41, 5.74) is 2.61. The van der Waals surface area contributed by atoms with Crippen molar-refractivity contribution in [2.45, 2.75) is 72.3 Å². The summed E-state index contributed by atoms with van der Waals surface area (Å²) in [6, 6.07) is 3.35. The molecule has 3 aromatic rings. The molecule has 10 heteroatoms. The molecule has 3 unspecified atom stereocenters. The number of rotatable bonds is 5. The molecule has 0 saturated carbocycles. The maximum Gasteiger partial charge on any atom is 0.244 e. The maximum atomic E-state index is 13.8. The van der Waals surface area contributed by atoms with E-state index in [1.165, 1.54) is 0 Å². The van der Waals surface area contributed by atoms with Crippen LogP contribution in [0.15, 0.2) is 24.5 Å². The second kappa shape index (κ2) is 12.1. The van der Waals surface area contributed by atoms with Crippen LogP contribution >= 0.6 is 0 Å². The van der Waals surface area contributed by atoms with Gasteiger partial charge in [0, 0.05) is 36.6 Å². The SMILES string of the molecule is CC.COc1c(C)cc2c([nH]c3cnccc32)c1NC(=O)C1COC(C)(C)CN1CC(=O)N1CC(C)OC(C)C1. The van der Waals surface area contributed by atoms with Gasteiger partial charge in [-0.1, -0.05) is 13.8 Å². The van der Waals surface area contributed by atoms with Gasteiger partial charge < -0.3 is 29.4 Å². The number of morpholine rings is 2. The summed E-state index contributed by atoms with van der Waals surface area (Å²) in [5, 5.41) is 5.10. The van der Waals surface area contributed by atoms with Crippen molar-refractivity contribution in [2.24, 2.45) is 0 Å². The number of ether oxygens (including phenoxy) is 3. The lowest BCUT2D eigenvalue weighted by molar-refractivity contribution is -0.156. The van der Waals surface area contributed by atoms with Gasteiger partial charge in [-0.15, -0.1) is 0 Å². The molecular formula is C30H43N5O5. The van der Waals surface area contributed by atoms with Gasteiger partial charge in [0.05, 0.1) is 55.3 Å². The van der Waals surface area contributed by atoms with Crippen LogP contribution in [0.4, 0.5) is 5.69 Å². The zero-order chi connectivity index (χ0) is 29.2. The highest BCUT2D eigenvalue weighted by molar-refractivity contribution is 6.15. The molecule has 2 saturated heterocycles. The number of amides is 2. The first kappa shape index (κ1) is 29.8. The number of pyridine rings is 1. The van der Waals surface area contributed by atoms with E-state index in [1.807, 2.05) is 70.4 Å². The Labute approximate surface area is 236 Å². The Hall–Kier alpha value is -3.21. The fourth-order valence-electron chi connectivity index (χ4n) is 5.71. The fraction of sp³-hybridized carbons (Fsp3) is 0.567. The van der Waals surface area contributed by atoms with Crippen LogP contribution in [0.1, 0.15) is 47.1 Å². The molecule has 2 N–H and O–H groups in total. The van der Waals surface area contributed by atoms with E-state index in [0.717, 1.165) is 27.4 Å². The third-order valence-electron chi connectivity index (χ3n) is 7.36. The van der Waals surface area contributed by atoms with Gasteiger partial charge >= 0.3 is 0 Å². The number of nitrogens with zero attached hydrogens (tertiary/aromatic N) is 3. The molecule has 40 heavy (non-hydrogen) atoms. The van der Waals surface area contributed by atoms with E-state index in [-0.39, 0.29) is 37.2 Å². The van der Waals surface area contributed by atoms with Crippen LogP contribution in [0.5, 0.6) is 5.75 Å². The molecule has 2 aliphatic rings. The van der Waals surface area contributed by atoms with Crippen molar-refractivity contribution >= 4 is 39.3 Å². The van der Waals surface area contributed by atoms with Crippen molar-refractivity contribution in [3.8, 4) is 5.75 Å². The minimum absolute atomic E-state index is 0.0128. The van der Waals surface area contributed by atoms with Gasteiger partial charge in [0.15, 0.2) is 0 Å². The molecule has 5 rings (SSSR count). The van der Waals surface area contributed by atoms with Crippen LogP contribution in [0.3, 0.4) is 0 Å². The molecule has 2 amide bonds. The van der Waals surface area contributed by atoms with Crippen LogP contribution in [0, 0.1) is 6.92 Å². The molecule has 0 spiro atoms. The molecule has 218 valence electrons. The number of hydrogen-bond donors (Lipinski definition) is 2. The van der Waals surface area contributed by atoms with Gasteiger partial charge in [-0.2, -0.15) is 0 Å². The number of anilines is 1. The van der Waals surface area contributed by atoms with Gasteiger partial charge in [-0.05, 0) is 52.3 Å². The maximum absolute atomic E-state index is 13.8. The molecule has 2 aliphatic heterocycles. The lowest BCUT2D eigenvalue weighted by Crippen LogP contribution is -2.61. The van der Waals surface area contributed by atoms with Gasteiger partial charge in [0.2, 0.25) is 11.8 Å². The van der Waals surface area contributed by atoms with Gasteiger partial charge in [-0.3, -0.25) is 19.5 Å². The smallest absolute Gasteiger partial charge is 0.244 e. The Morgan fingerprint density at radius 1 is 1.20 bits per heavy atom. The lowest BCUT2D eigenvalue weighted by atomic mass is 10.0. The Balaban J connectivity index is 0.00000181. The minimum atomic E-state index is -0.644. The average molecular weight is 554 g/mol. The monoisotopic (exact) mass is 553 g/mol. The molecule has 4 heterocycles. The van der Waals surface area contributed by atoms with Gasteiger partial charge in [-0.25, -0.2) is 0 Å². The molecule has 2 fully saturated rings. The number of carbonyl (C=O) groups is 2. The number of hydrogen-bond acceptors (Lipinski definition) is 7. The Morgan fingerprint density at radius 3 is 2.58 bits per heavy atom. The number of aromatic amines is 1. The fourth-order valence-corrected chi connectivity index (χ4v) is 5.71. The molecule has 10 nitrogen and oxygen atoms in total. The summed E-state index contributed by atoms with van der Waals surface area (Å²) in [6.07, 6.45) is 3.47. The van der Waals surface area contributed by atoms with E-state index in [1.54, 1.807) is 19.5 Å². The van der Waals surface area contributed by atoms with E-state index in [0.29, 0.717) is 31.1 Å². The second-order valence-corrected chi connectivity index (χ2v) is 11.1. The number of carbonyl (C=O) groups excluding carboxylic acids is 2. The quantitative estimate of drug-likeness (QED) is 0.489. The average Bonchev–Trinajstić information content (AvgIpc) is 3.27. The number of aromatic nitrogens is 2. The van der Waals surface area contributed by atoms with E-state index in [9.17, 15) is 9.59 Å². The number of benzene rings is 1. The number of aryl methyl sites for hydroxylation is 1. The zero-order valence-corrected chi connectivity index (χ0v) is 25.0. The number of nitrogens with one attached hydrogen (secondary N) is 2. The predicted molar refractivity (Wildman–Crippen MR) is 157 cm³/mol. The summed E-state index contributed by atoms with van der Waals surface area (Å²) in [5.74, 6) is 0.321. The topological polar surface area (TPSA) is 109 Å². The molecule has 0 radical (unpaired) electrons. The highest BCUT2D eigenvalue weighted by atomic mass is 16.5. The molecule has 1 aromatic carbocycles. The summed E-state index contributed by atoms with van der Waals surface area (Å²) < 4.78 is 17.6. The van der Waals surface area contributed by atoms with Crippen LogP contribution in [-0.4, -0.2) is 95.3 Å². The van der Waals surface area contributed by atoms with Crippen LogP contribution in [0.25, 0.3) is 21.8 Å². The van der Waals surface area contributed by atoms with Crippen molar-refractivity contribution in [3.63, 3.8) is 0 Å². The Morgan fingerprint density at radius 2 is 1.90 bits per heavy atom. The normalized spacial score (nSPS) is 23.0. The largest absolute Gasteiger partial charge is 0.494 e. The standard InChI is InChI=1S/C28H37N5O5.C2H6/c1-16-9-20-19-7-8-29-10-21(19)30-24(20)25(26(16)36-6)31-27(35)22-14-37-28(4,5)15-33(22)13-23(34)32-11-17(2)38-18(3)12-32;1-2/h7-10,17-18,22,30H,11-15H2,1-6H3,(H,31,35);1-2H3. The first-order valence-electron chi connectivity index (χ1n) is 14.1. The number of fused-ring (bicyclic) bond motifs is 3. The first-order valence-corrected chi connectivity index (χ1v) is 14.1. The van der Waals surface area contributed by atoms with Crippen molar-refractivity contribution in [1.82, 2.24) is 19.8 Å². The summed E-state index contributed by atoms with van der Waals surface area (Å²) >= 11 is 0. The van der Waals surface area contributed by atoms with E-state index in [4.69, 9.17) is 14.2 Å². The molecule has 2 aromatic heterocycles. The van der Waals surface area contributed by atoms with Crippen molar-refractivity contribution in [2.75, 3.05) is 45.2 Å². The van der Waals surface area contributed by atoms with Crippen molar-refractivity contribution in [1.29, 1.82) is 0 Å². The van der Waals surface area contributed by atoms with Crippen molar-refractivity contribution in [3.05, 3.63) is 30.1 Å². The third-order valence-corrected chi connectivity index (χ3v) is 7.36. The molecule has 3 atom stereocenters. The zero-order valence-electron chi connectivity index (χ0n) is 25.0. The highest BCUT2D eigenvalue weighted by Gasteiger charge is 2.40. The predicted octanol–water partition coefficient (Wildman–Crippen LogP) is 4.11.